The summed E-state index contributed by atoms with van der Waals surface area (Å²) in [5.74, 6) is 0.231. The first-order valence-corrected chi connectivity index (χ1v) is 9.44. The van der Waals surface area contributed by atoms with Gasteiger partial charge in [0.1, 0.15) is 11.4 Å². The number of likely N-dealkylation sites (N-methyl/N-ethyl adjacent to an activating group) is 1. The molecule has 1 aromatic carbocycles. The third-order valence-corrected chi connectivity index (χ3v) is 5.31. The van der Waals surface area contributed by atoms with Gasteiger partial charge in [-0.2, -0.15) is 5.10 Å². The fourth-order valence-electron chi connectivity index (χ4n) is 3.69. The van der Waals surface area contributed by atoms with Crippen LogP contribution in [0.5, 0.6) is 5.75 Å². The summed E-state index contributed by atoms with van der Waals surface area (Å²) in [6, 6.07) is 8.54. The first-order chi connectivity index (χ1) is 13.5. The highest BCUT2D eigenvalue weighted by Gasteiger charge is 2.36. The van der Waals surface area contributed by atoms with Gasteiger partial charge in [0.05, 0.1) is 12.3 Å². The molecule has 8 heteroatoms. The van der Waals surface area contributed by atoms with Gasteiger partial charge >= 0.3 is 0 Å². The second kappa shape index (κ2) is 9.18. The molecule has 3 rings (SSSR count). The van der Waals surface area contributed by atoms with Gasteiger partial charge in [-0.05, 0) is 31.2 Å². The summed E-state index contributed by atoms with van der Waals surface area (Å²) in [7, 11) is 3.69. The number of ether oxygens (including phenoxy) is 1. The van der Waals surface area contributed by atoms with E-state index in [4.69, 9.17) is 4.74 Å². The lowest BCUT2D eigenvalue weighted by Gasteiger charge is -2.23. The van der Waals surface area contributed by atoms with E-state index >= 15 is 0 Å². The number of aromatic nitrogens is 2. The molecule has 0 aliphatic carbocycles. The molecule has 28 heavy (non-hydrogen) atoms. The molecule has 0 radical (unpaired) electrons. The van der Waals surface area contributed by atoms with E-state index in [1.807, 2.05) is 13.1 Å². The first-order valence-electron chi connectivity index (χ1n) is 9.44. The fraction of sp³-hybridized carbons (Fsp3) is 0.500. The Bertz CT molecular complexity index is 794. The first kappa shape index (κ1) is 20.3. The van der Waals surface area contributed by atoms with Crippen LogP contribution >= 0.6 is 0 Å². The number of benzene rings is 1. The number of amides is 1. The van der Waals surface area contributed by atoms with Crippen LogP contribution in [0.1, 0.15) is 10.5 Å². The summed E-state index contributed by atoms with van der Waals surface area (Å²) < 4.78 is 5.11. The monoisotopic (exact) mass is 388 g/mol. The summed E-state index contributed by atoms with van der Waals surface area (Å²) in [6.07, 6.45) is 0. The number of hydrogen-bond acceptors (Lipinski definition) is 6. The Kier molecular flexibility index (Phi) is 6.66. The molecule has 1 amide bonds. The maximum Gasteiger partial charge on any atom is 0.271 e. The van der Waals surface area contributed by atoms with E-state index in [2.05, 4.69) is 15.1 Å². The third kappa shape index (κ3) is 4.52. The van der Waals surface area contributed by atoms with E-state index < -0.39 is 0 Å². The van der Waals surface area contributed by atoms with Crippen LogP contribution in [-0.4, -0.2) is 89.7 Å². The number of aromatic amines is 1. The van der Waals surface area contributed by atoms with Gasteiger partial charge < -0.3 is 24.7 Å². The van der Waals surface area contributed by atoms with E-state index in [1.54, 1.807) is 36.3 Å². The number of hydrogen-bond donors (Lipinski definition) is 3. The van der Waals surface area contributed by atoms with Gasteiger partial charge in [-0.1, -0.05) is 12.1 Å². The molecule has 152 valence electrons. The number of para-hydroxylation sites is 1. The van der Waals surface area contributed by atoms with E-state index in [-0.39, 0.29) is 30.1 Å². The number of aliphatic hydroxyl groups excluding tert-OH is 1. The van der Waals surface area contributed by atoms with Crippen molar-refractivity contribution < 1.29 is 19.7 Å². The van der Waals surface area contributed by atoms with Crippen molar-refractivity contribution in [1.29, 1.82) is 0 Å². The number of carbonyl (C=O) groups excluding carboxylic acids is 1. The molecule has 2 heterocycles. The molecule has 0 unspecified atom stereocenters. The summed E-state index contributed by atoms with van der Waals surface area (Å²) in [4.78, 5) is 16.8. The number of phenolic OH excluding ortho intramolecular Hbond substituents is 1. The van der Waals surface area contributed by atoms with Gasteiger partial charge in [-0.3, -0.25) is 9.89 Å². The van der Waals surface area contributed by atoms with Crippen LogP contribution in [0.2, 0.25) is 0 Å². The molecule has 2 atom stereocenters. The normalized spacial score (nSPS) is 19.5. The molecule has 3 N–H and O–H groups in total. The lowest BCUT2D eigenvalue weighted by atomic mass is 9.96. The smallest absolute Gasteiger partial charge is 0.271 e. The van der Waals surface area contributed by atoms with Crippen molar-refractivity contribution in [2.45, 2.75) is 0 Å². The molecule has 0 bridgehead atoms. The molecule has 0 spiro atoms. The van der Waals surface area contributed by atoms with Crippen molar-refractivity contribution in [2.24, 2.45) is 11.8 Å². The SMILES string of the molecule is COCCN(C)C[C@@H]1CN(C(=O)c2cc(-c3ccccc3O)n[nH]2)C[C@@H]1CO. The number of methoxy groups -OCH3 is 1. The van der Waals surface area contributed by atoms with Gasteiger partial charge in [0.25, 0.3) is 5.91 Å². The summed E-state index contributed by atoms with van der Waals surface area (Å²) >= 11 is 0. The Morgan fingerprint density at radius 2 is 2.11 bits per heavy atom. The van der Waals surface area contributed by atoms with Gasteiger partial charge in [0.2, 0.25) is 0 Å². The van der Waals surface area contributed by atoms with Gasteiger partial charge in [-0.15, -0.1) is 0 Å². The zero-order chi connectivity index (χ0) is 20.1. The predicted molar refractivity (Wildman–Crippen MR) is 105 cm³/mol. The van der Waals surface area contributed by atoms with E-state index in [0.29, 0.717) is 36.6 Å². The second-order valence-corrected chi connectivity index (χ2v) is 7.35. The average Bonchev–Trinajstić information content (AvgIpc) is 3.33. The number of likely N-dealkylation sites (tertiary alicyclic amines) is 1. The molecule has 1 saturated heterocycles. The largest absolute Gasteiger partial charge is 0.507 e. The minimum Gasteiger partial charge on any atom is -0.507 e. The van der Waals surface area contributed by atoms with Crippen molar-refractivity contribution in [3.8, 4) is 17.0 Å². The Hall–Kier alpha value is -2.42. The quantitative estimate of drug-likeness (QED) is 0.625. The molecular weight excluding hydrogens is 360 g/mol. The van der Waals surface area contributed by atoms with Crippen LogP contribution < -0.4 is 0 Å². The topological polar surface area (TPSA) is 102 Å². The van der Waals surface area contributed by atoms with Gasteiger partial charge in [-0.25, -0.2) is 0 Å². The number of rotatable bonds is 8. The number of phenols is 1. The number of nitrogens with one attached hydrogen (secondary N) is 1. The molecule has 0 saturated carbocycles. The summed E-state index contributed by atoms with van der Waals surface area (Å²) in [5.41, 5.74) is 1.48. The number of aromatic hydroxyl groups is 1. The van der Waals surface area contributed by atoms with E-state index in [9.17, 15) is 15.0 Å². The fourth-order valence-corrected chi connectivity index (χ4v) is 3.69. The van der Waals surface area contributed by atoms with Crippen LogP contribution in [0.25, 0.3) is 11.3 Å². The van der Waals surface area contributed by atoms with Crippen molar-refractivity contribution in [3.05, 3.63) is 36.0 Å². The van der Waals surface area contributed by atoms with Crippen molar-refractivity contribution in [1.82, 2.24) is 20.0 Å². The molecule has 2 aromatic rings. The molecule has 1 aromatic heterocycles. The maximum atomic E-state index is 12.9. The molecule has 1 aliphatic rings. The van der Waals surface area contributed by atoms with Crippen LogP contribution in [0, 0.1) is 11.8 Å². The van der Waals surface area contributed by atoms with Gasteiger partial charge in [0.15, 0.2) is 0 Å². The molecule has 1 fully saturated rings. The van der Waals surface area contributed by atoms with Crippen LogP contribution in [0.4, 0.5) is 0 Å². The molecule has 8 nitrogen and oxygen atoms in total. The summed E-state index contributed by atoms with van der Waals surface area (Å²) in [6.45, 7) is 3.42. The zero-order valence-electron chi connectivity index (χ0n) is 16.3. The minimum atomic E-state index is -0.144. The lowest BCUT2D eigenvalue weighted by Crippen LogP contribution is -2.33. The number of nitrogens with zero attached hydrogens (tertiary/aromatic N) is 3. The Morgan fingerprint density at radius 3 is 2.82 bits per heavy atom. The van der Waals surface area contributed by atoms with Crippen LogP contribution in [-0.2, 0) is 4.74 Å². The summed E-state index contributed by atoms with van der Waals surface area (Å²) in [5, 5.41) is 26.7. The van der Waals surface area contributed by atoms with Gasteiger partial charge in [0, 0.05) is 51.4 Å². The zero-order valence-corrected chi connectivity index (χ0v) is 16.3. The highest BCUT2D eigenvalue weighted by molar-refractivity contribution is 5.93. The van der Waals surface area contributed by atoms with Crippen molar-refractivity contribution in [2.75, 3.05) is 53.6 Å². The Morgan fingerprint density at radius 1 is 1.36 bits per heavy atom. The minimum absolute atomic E-state index is 0.0505. The van der Waals surface area contributed by atoms with E-state index in [1.165, 1.54) is 0 Å². The van der Waals surface area contributed by atoms with Crippen LogP contribution in [0.15, 0.2) is 30.3 Å². The van der Waals surface area contributed by atoms with Crippen molar-refractivity contribution in [3.63, 3.8) is 0 Å². The number of carbonyl (C=O) groups is 1. The standard InChI is InChI=1S/C20H28N4O4/c1-23(7-8-28-2)10-14-11-24(12-15(14)13-25)20(27)18-9-17(21-22-18)16-5-3-4-6-19(16)26/h3-6,9,14-15,25-26H,7-8,10-13H2,1-2H3,(H,21,22)/t14-,15-/m1/s1. The van der Waals surface area contributed by atoms with Crippen LogP contribution in [0.3, 0.4) is 0 Å². The highest BCUT2D eigenvalue weighted by atomic mass is 16.5. The number of H-pyrrole nitrogens is 1. The average molecular weight is 388 g/mol. The lowest BCUT2D eigenvalue weighted by molar-refractivity contribution is 0.0773. The third-order valence-electron chi connectivity index (χ3n) is 5.31. The highest BCUT2D eigenvalue weighted by Crippen LogP contribution is 2.29. The Labute approximate surface area is 164 Å². The van der Waals surface area contributed by atoms with Crippen molar-refractivity contribution >= 4 is 5.91 Å². The Balaban J connectivity index is 1.67. The van der Waals surface area contributed by atoms with E-state index in [0.717, 1.165) is 13.1 Å². The molecule has 1 aliphatic heterocycles. The second-order valence-electron chi connectivity index (χ2n) is 7.35. The maximum absolute atomic E-state index is 12.9. The number of aliphatic hydroxyl groups is 1. The molecular formula is C20H28N4O4. The predicted octanol–water partition coefficient (Wildman–Crippen LogP) is 1.04.